The Bertz CT molecular complexity index is 549. The molecule has 0 spiro atoms. The SMILES string of the molecule is COCC(N)CCNc1ccnc2cc(Br)cnc12. The summed E-state index contributed by atoms with van der Waals surface area (Å²) in [6.45, 7) is 1.35. The summed E-state index contributed by atoms with van der Waals surface area (Å²) in [7, 11) is 1.66. The molecule has 1 unspecified atom stereocenters. The molecule has 102 valence electrons. The van der Waals surface area contributed by atoms with Crippen molar-refractivity contribution >= 4 is 32.7 Å². The minimum atomic E-state index is 0.0488. The lowest BCUT2D eigenvalue weighted by molar-refractivity contribution is 0.178. The van der Waals surface area contributed by atoms with Gasteiger partial charge >= 0.3 is 0 Å². The minimum absolute atomic E-state index is 0.0488. The smallest absolute Gasteiger partial charge is 0.112 e. The van der Waals surface area contributed by atoms with Crippen LogP contribution in [0.15, 0.2) is 29.0 Å². The van der Waals surface area contributed by atoms with Crippen molar-refractivity contribution in [3.8, 4) is 0 Å². The van der Waals surface area contributed by atoms with Crippen molar-refractivity contribution in [2.45, 2.75) is 12.5 Å². The maximum atomic E-state index is 5.88. The molecule has 5 nitrogen and oxygen atoms in total. The molecule has 1 atom stereocenters. The number of nitrogens with one attached hydrogen (secondary N) is 1. The Balaban J connectivity index is 2.04. The first kappa shape index (κ1) is 14.2. The van der Waals surface area contributed by atoms with E-state index in [-0.39, 0.29) is 6.04 Å². The Morgan fingerprint density at radius 2 is 2.32 bits per heavy atom. The van der Waals surface area contributed by atoms with E-state index in [1.807, 2.05) is 12.1 Å². The first-order chi connectivity index (χ1) is 9.20. The second kappa shape index (κ2) is 6.79. The molecule has 19 heavy (non-hydrogen) atoms. The van der Waals surface area contributed by atoms with Gasteiger partial charge in [-0.3, -0.25) is 9.97 Å². The maximum Gasteiger partial charge on any atom is 0.112 e. The molecule has 2 heterocycles. The quantitative estimate of drug-likeness (QED) is 0.851. The van der Waals surface area contributed by atoms with E-state index in [0.29, 0.717) is 6.61 Å². The molecule has 2 rings (SSSR count). The Morgan fingerprint density at radius 3 is 3.11 bits per heavy atom. The summed E-state index contributed by atoms with van der Waals surface area (Å²) >= 11 is 3.39. The molecule has 0 aromatic carbocycles. The number of pyridine rings is 2. The van der Waals surface area contributed by atoms with Crippen molar-refractivity contribution in [2.75, 3.05) is 25.6 Å². The van der Waals surface area contributed by atoms with E-state index in [9.17, 15) is 0 Å². The van der Waals surface area contributed by atoms with Crippen molar-refractivity contribution in [2.24, 2.45) is 5.73 Å². The maximum absolute atomic E-state index is 5.88. The second-order valence-corrected chi connectivity index (χ2v) is 5.23. The molecule has 0 fully saturated rings. The minimum Gasteiger partial charge on any atom is -0.383 e. The number of fused-ring (bicyclic) bond motifs is 1. The van der Waals surface area contributed by atoms with Gasteiger partial charge < -0.3 is 15.8 Å². The first-order valence-electron chi connectivity index (χ1n) is 6.09. The number of aromatic nitrogens is 2. The van der Waals surface area contributed by atoms with Crippen molar-refractivity contribution in [1.82, 2.24) is 9.97 Å². The van der Waals surface area contributed by atoms with Gasteiger partial charge in [-0.1, -0.05) is 0 Å². The number of halogens is 1. The number of anilines is 1. The van der Waals surface area contributed by atoms with Crippen LogP contribution in [0.1, 0.15) is 6.42 Å². The average Bonchev–Trinajstić information content (AvgIpc) is 2.39. The third-order valence-corrected chi connectivity index (χ3v) is 3.19. The second-order valence-electron chi connectivity index (χ2n) is 4.31. The molecule has 0 aliphatic heterocycles. The molecule has 3 N–H and O–H groups in total. The van der Waals surface area contributed by atoms with Crippen LogP contribution in [-0.4, -0.2) is 36.3 Å². The van der Waals surface area contributed by atoms with Gasteiger partial charge in [-0.05, 0) is 34.5 Å². The van der Waals surface area contributed by atoms with Crippen LogP contribution in [0.25, 0.3) is 11.0 Å². The summed E-state index contributed by atoms with van der Waals surface area (Å²) in [5.41, 5.74) is 8.58. The topological polar surface area (TPSA) is 73.1 Å². The molecule has 2 aromatic heterocycles. The summed E-state index contributed by atoms with van der Waals surface area (Å²) in [6, 6.07) is 3.92. The largest absolute Gasteiger partial charge is 0.383 e. The van der Waals surface area contributed by atoms with Crippen molar-refractivity contribution in [1.29, 1.82) is 0 Å². The third kappa shape index (κ3) is 3.86. The van der Waals surface area contributed by atoms with Crippen LogP contribution in [0.5, 0.6) is 0 Å². The fourth-order valence-corrected chi connectivity index (χ4v) is 2.16. The molecule has 2 aromatic rings. The number of methoxy groups -OCH3 is 1. The van der Waals surface area contributed by atoms with Gasteiger partial charge in [0.1, 0.15) is 5.52 Å². The van der Waals surface area contributed by atoms with E-state index < -0.39 is 0 Å². The zero-order valence-electron chi connectivity index (χ0n) is 10.8. The van der Waals surface area contributed by atoms with Gasteiger partial charge in [0.25, 0.3) is 0 Å². The first-order valence-corrected chi connectivity index (χ1v) is 6.88. The van der Waals surface area contributed by atoms with Gasteiger partial charge in [-0.2, -0.15) is 0 Å². The third-order valence-electron chi connectivity index (χ3n) is 2.76. The monoisotopic (exact) mass is 324 g/mol. The highest BCUT2D eigenvalue weighted by Crippen LogP contribution is 2.21. The summed E-state index contributed by atoms with van der Waals surface area (Å²) in [5.74, 6) is 0. The fourth-order valence-electron chi connectivity index (χ4n) is 1.84. The Hall–Kier alpha value is -1.24. The number of ether oxygens (including phenoxy) is 1. The molecule has 0 saturated heterocycles. The van der Waals surface area contributed by atoms with Gasteiger partial charge in [0.2, 0.25) is 0 Å². The molecule has 0 radical (unpaired) electrons. The van der Waals surface area contributed by atoms with Crippen LogP contribution in [0.2, 0.25) is 0 Å². The predicted octanol–water partition coefficient (Wildman–Crippen LogP) is 2.17. The summed E-state index contributed by atoms with van der Waals surface area (Å²) in [4.78, 5) is 8.69. The fraction of sp³-hybridized carbons (Fsp3) is 0.385. The zero-order valence-corrected chi connectivity index (χ0v) is 12.4. The van der Waals surface area contributed by atoms with Gasteiger partial charge in [0.15, 0.2) is 0 Å². The molecular formula is C13H17BrN4O. The highest BCUT2D eigenvalue weighted by atomic mass is 79.9. The number of hydrogen-bond acceptors (Lipinski definition) is 5. The molecule has 0 bridgehead atoms. The lowest BCUT2D eigenvalue weighted by Crippen LogP contribution is -2.28. The Morgan fingerprint density at radius 1 is 1.47 bits per heavy atom. The van der Waals surface area contributed by atoms with E-state index in [4.69, 9.17) is 10.5 Å². The Kier molecular flexibility index (Phi) is 5.07. The summed E-state index contributed by atoms with van der Waals surface area (Å²) in [5, 5.41) is 3.34. The van der Waals surface area contributed by atoms with Crippen LogP contribution >= 0.6 is 15.9 Å². The van der Waals surface area contributed by atoms with Gasteiger partial charge in [-0.15, -0.1) is 0 Å². The highest BCUT2D eigenvalue weighted by Gasteiger charge is 2.05. The van der Waals surface area contributed by atoms with Crippen LogP contribution in [0.4, 0.5) is 5.69 Å². The molecule has 0 aliphatic rings. The van der Waals surface area contributed by atoms with Crippen molar-refractivity contribution in [3.63, 3.8) is 0 Å². The van der Waals surface area contributed by atoms with Crippen LogP contribution in [0, 0.1) is 0 Å². The molecule has 6 heteroatoms. The van der Waals surface area contributed by atoms with Crippen LogP contribution < -0.4 is 11.1 Å². The van der Waals surface area contributed by atoms with Gasteiger partial charge in [-0.25, -0.2) is 0 Å². The highest BCUT2D eigenvalue weighted by molar-refractivity contribution is 9.10. The van der Waals surface area contributed by atoms with Crippen LogP contribution in [-0.2, 0) is 4.74 Å². The summed E-state index contributed by atoms with van der Waals surface area (Å²) < 4.78 is 5.93. The number of nitrogens with two attached hydrogens (primary N) is 1. The summed E-state index contributed by atoms with van der Waals surface area (Å²) in [6.07, 6.45) is 4.38. The standard InChI is InChI=1S/C13H17BrN4O/c1-19-8-10(15)2-4-16-11-3-5-17-12-6-9(14)7-18-13(11)12/h3,5-7,10H,2,4,8,15H2,1H3,(H,16,17). The average molecular weight is 325 g/mol. The normalized spacial score (nSPS) is 12.6. The predicted molar refractivity (Wildman–Crippen MR) is 80.2 cm³/mol. The lowest BCUT2D eigenvalue weighted by Gasteiger charge is -2.12. The Labute approximate surface area is 120 Å². The molecule has 0 saturated carbocycles. The molecule has 0 aliphatic carbocycles. The lowest BCUT2D eigenvalue weighted by atomic mass is 10.2. The van der Waals surface area contributed by atoms with E-state index in [1.165, 1.54) is 0 Å². The number of hydrogen-bond donors (Lipinski definition) is 2. The van der Waals surface area contributed by atoms with Crippen LogP contribution in [0.3, 0.4) is 0 Å². The van der Waals surface area contributed by atoms with Gasteiger partial charge in [0.05, 0.1) is 17.8 Å². The number of rotatable bonds is 6. The molecular weight excluding hydrogens is 308 g/mol. The van der Waals surface area contributed by atoms with E-state index >= 15 is 0 Å². The van der Waals surface area contributed by atoms with Gasteiger partial charge in [0, 0.05) is 36.6 Å². The van der Waals surface area contributed by atoms with Crippen molar-refractivity contribution in [3.05, 3.63) is 29.0 Å². The molecule has 0 amide bonds. The van der Waals surface area contributed by atoms with E-state index in [1.54, 1.807) is 19.5 Å². The zero-order chi connectivity index (χ0) is 13.7. The van der Waals surface area contributed by atoms with E-state index in [0.717, 1.165) is 34.2 Å². The number of nitrogens with zero attached hydrogens (tertiary/aromatic N) is 2. The van der Waals surface area contributed by atoms with E-state index in [2.05, 4.69) is 31.2 Å². The van der Waals surface area contributed by atoms with Crippen molar-refractivity contribution < 1.29 is 4.74 Å².